The first-order valence-corrected chi connectivity index (χ1v) is 9.11. The summed E-state index contributed by atoms with van der Waals surface area (Å²) in [4.78, 5) is 0. The van der Waals surface area contributed by atoms with Crippen molar-refractivity contribution in [3.63, 3.8) is 0 Å². The average molecular weight is 438 g/mol. The molecule has 12 heteroatoms. The van der Waals surface area contributed by atoms with Gasteiger partial charge in [0.05, 0.1) is 11.1 Å². The fraction of sp³-hybridized carbons (Fsp3) is 0. The first-order chi connectivity index (χ1) is 16.6. The molecule has 0 fully saturated rings. The van der Waals surface area contributed by atoms with Gasteiger partial charge in [-0.15, -0.1) is 20.4 Å². The van der Waals surface area contributed by atoms with E-state index in [1.54, 1.807) is 0 Å². The molecule has 0 saturated heterocycles. The molecule has 0 amide bonds. The summed E-state index contributed by atoms with van der Waals surface area (Å²) in [5.41, 5.74) is -0.641. The molecule has 34 heavy (non-hydrogen) atoms. The van der Waals surface area contributed by atoms with Crippen molar-refractivity contribution in [3.05, 3.63) is 34.1 Å². The van der Waals surface area contributed by atoms with Crippen LogP contribution in [-0.4, -0.2) is 22.8 Å². The lowest BCUT2D eigenvalue weighted by Crippen LogP contribution is -2.24. The van der Waals surface area contributed by atoms with E-state index in [1.807, 2.05) is 36.4 Å². The second-order valence-electron chi connectivity index (χ2n) is 6.67. The average Bonchev–Trinajstić information content (AvgIpc) is 3.65. The van der Waals surface area contributed by atoms with Crippen LogP contribution in [0.15, 0.2) is 41.4 Å². The number of hydrogen-bond acceptors (Lipinski definition) is 12. The molecule has 2 aliphatic heterocycles. The van der Waals surface area contributed by atoms with Crippen molar-refractivity contribution in [1.29, 1.82) is 31.6 Å². The summed E-state index contributed by atoms with van der Waals surface area (Å²) in [7, 11) is 0. The molecular weight excluding hydrogens is 436 g/mol. The lowest BCUT2D eigenvalue weighted by molar-refractivity contribution is 0.593. The third-order valence-corrected chi connectivity index (χ3v) is 5.05. The summed E-state index contributed by atoms with van der Waals surface area (Å²) < 4.78 is 11.5. The van der Waals surface area contributed by atoms with Gasteiger partial charge in [0.25, 0.3) is 0 Å². The van der Waals surface area contributed by atoms with E-state index < -0.39 is 0 Å². The van der Waals surface area contributed by atoms with Crippen molar-refractivity contribution in [3.8, 4) is 36.4 Å². The Labute approximate surface area is 187 Å². The van der Waals surface area contributed by atoms with E-state index in [0.717, 1.165) is 0 Å². The zero-order valence-electron chi connectivity index (χ0n) is 16.4. The number of rotatable bonds is 0. The van der Waals surface area contributed by atoms with Gasteiger partial charge in [-0.1, -0.05) is 0 Å². The van der Waals surface area contributed by atoms with Crippen molar-refractivity contribution in [2.75, 3.05) is 0 Å². The maximum Gasteiger partial charge on any atom is 0.204 e. The van der Waals surface area contributed by atoms with Crippen molar-refractivity contribution >= 4 is 55.9 Å². The van der Waals surface area contributed by atoms with Crippen molar-refractivity contribution in [2.24, 2.45) is 20.4 Å². The highest BCUT2D eigenvalue weighted by Gasteiger charge is 2.29. The number of benzene rings is 1. The van der Waals surface area contributed by atoms with E-state index in [2.05, 4.69) is 20.4 Å². The van der Waals surface area contributed by atoms with E-state index in [9.17, 15) is 31.6 Å². The molecule has 0 atom stereocenters. The lowest BCUT2D eigenvalue weighted by Gasteiger charge is -2.03. The fourth-order valence-electron chi connectivity index (χ4n) is 3.79. The minimum atomic E-state index is -0.186. The maximum absolute atomic E-state index is 9.57. The number of fused-ring (bicyclic) bond motifs is 2. The molecule has 0 saturated carbocycles. The third-order valence-electron chi connectivity index (χ3n) is 5.05. The highest BCUT2D eigenvalue weighted by molar-refractivity contribution is 6.56. The predicted molar refractivity (Wildman–Crippen MR) is 114 cm³/mol. The van der Waals surface area contributed by atoms with Gasteiger partial charge in [0.2, 0.25) is 11.5 Å². The predicted octanol–water partition coefficient (Wildman–Crippen LogP) is 0.939. The summed E-state index contributed by atoms with van der Waals surface area (Å²) in [5, 5.41) is 72.9. The molecule has 0 unspecified atom stereocenters. The Morgan fingerprint density at radius 2 is 0.824 bits per heavy atom. The summed E-state index contributed by atoms with van der Waals surface area (Å²) in [5.74, 6) is -0.278. The minimum Gasteiger partial charge on any atom is -0.445 e. The summed E-state index contributed by atoms with van der Waals surface area (Å²) in [6, 6.07) is 13.9. The molecule has 3 aromatic rings. The zero-order valence-corrected chi connectivity index (χ0v) is 16.4. The molecule has 152 valence electrons. The monoisotopic (exact) mass is 438 g/mol. The van der Waals surface area contributed by atoms with E-state index >= 15 is 0 Å². The van der Waals surface area contributed by atoms with Crippen LogP contribution in [0, 0.1) is 68.0 Å². The van der Waals surface area contributed by atoms with E-state index in [-0.39, 0.29) is 77.9 Å². The molecule has 5 rings (SSSR count). The Kier molecular flexibility index (Phi) is 4.11. The van der Waals surface area contributed by atoms with Gasteiger partial charge >= 0.3 is 0 Å². The van der Waals surface area contributed by atoms with Crippen LogP contribution in [0.5, 0.6) is 0 Å². The van der Waals surface area contributed by atoms with Gasteiger partial charge in [0, 0.05) is 33.3 Å². The molecule has 12 nitrogen and oxygen atoms in total. The highest BCUT2D eigenvalue weighted by atomic mass is 16.3. The van der Waals surface area contributed by atoms with Gasteiger partial charge in [-0.2, -0.15) is 31.6 Å². The first kappa shape index (κ1) is 19.6. The van der Waals surface area contributed by atoms with E-state index in [4.69, 9.17) is 8.83 Å². The molecule has 0 spiro atoms. The maximum atomic E-state index is 9.57. The molecule has 1 aromatic carbocycles. The fourth-order valence-corrected chi connectivity index (χ4v) is 3.79. The van der Waals surface area contributed by atoms with Crippen LogP contribution >= 0.6 is 0 Å². The summed E-state index contributed by atoms with van der Waals surface area (Å²) in [6.07, 6.45) is 0. The molecular formula is C22H2N10O2. The largest absolute Gasteiger partial charge is 0.445 e. The highest BCUT2D eigenvalue weighted by Crippen LogP contribution is 2.25. The minimum absolute atomic E-state index is 0.0236. The summed E-state index contributed by atoms with van der Waals surface area (Å²) >= 11 is 0. The second kappa shape index (κ2) is 7.12. The van der Waals surface area contributed by atoms with Crippen LogP contribution in [0.4, 0.5) is 0 Å². The van der Waals surface area contributed by atoms with Crippen LogP contribution in [0.1, 0.15) is 11.5 Å². The normalized spacial score (nSPS) is 14.3. The van der Waals surface area contributed by atoms with Crippen molar-refractivity contribution < 1.29 is 8.83 Å². The van der Waals surface area contributed by atoms with Crippen molar-refractivity contribution in [1.82, 2.24) is 0 Å². The molecule has 0 N–H and O–H groups in total. The van der Waals surface area contributed by atoms with Gasteiger partial charge in [-0.25, -0.2) is 0 Å². The number of furan rings is 2. The Morgan fingerprint density at radius 3 is 1.09 bits per heavy atom. The SMILES string of the molecule is N#CC1=NN=C(C#N)C1=c1c2cc(C#N)oc2c(=C2C(C#N)=NN=C2C#N)c2cc(C#N)oc12. The summed E-state index contributed by atoms with van der Waals surface area (Å²) in [6.45, 7) is 0. The molecule has 2 aliphatic rings. The molecule has 4 heterocycles. The van der Waals surface area contributed by atoms with Gasteiger partial charge in [-0.05, 0) is 0 Å². The van der Waals surface area contributed by atoms with Crippen LogP contribution < -0.4 is 10.4 Å². The van der Waals surface area contributed by atoms with Gasteiger partial charge in [0.15, 0.2) is 22.8 Å². The van der Waals surface area contributed by atoms with Gasteiger partial charge in [0.1, 0.15) is 47.6 Å². The number of nitrogens with zero attached hydrogens (tertiary/aromatic N) is 10. The Balaban J connectivity index is 2.22. The van der Waals surface area contributed by atoms with Gasteiger partial charge < -0.3 is 8.83 Å². The van der Waals surface area contributed by atoms with Gasteiger partial charge in [-0.3, -0.25) is 0 Å². The quantitative estimate of drug-likeness (QED) is 0.490. The van der Waals surface area contributed by atoms with Crippen molar-refractivity contribution in [2.45, 2.75) is 0 Å². The van der Waals surface area contributed by atoms with Crippen LogP contribution in [0.3, 0.4) is 0 Å². The first-order valence-electron chi connectivity index (χ1n) is 9.11. The topological polar surface area (TPSA) is 218 Å². The smallest absolute Gasteiger partial charge is 0.204 e. The molecule has 2 aromatic heterocycles. The molecule has 0 bridgehead atoms. The Hall–Kier alpha value is -6.34. The number of hydrogen-bond donors (Lipinski definition) is 0. The Morgan fingerprint density at radius 1 is 0.500 bits per heavy atom. The van der Waals surface area contributed by atoms with Crippen LogP contribution in [0.2, 0.25) is 0 Å². The molecule has 0 radical (unpaired) electrons. The third kappa shape index (κ3) is 2.46. The second-order valence-corrected chi connectivity index (χ2v) is 6.67. The lowest BCUT2D eigenvalue weighted by atomic mass is 9.95. The number of nitriles is 6. The van der Waals surface area contributed by atoms with E-state index in [1.165, 1.54) is 12.1 Å². The van der Waals surface area contributed by atoms with E-state index in [0.29, 0.717) is 0 Å². The van der Waals surface area contributed by atoms with Crippen LogP contribution in [0.25, 0.3) is 33.1 Å². The standard InChI is InChI=1S/C22H2N10O2/c23-3-9-1-11-17(19-13(5-25)29-30-14(19)6-26)22-12(2-10(4-24)34-22)18(21(11)33-9)20-15(7-27)31-32-16(20)8-28/h1-2H. The molecule has 0 aliphatic carbocycles. The zero-order chi connectivity index (χ0) is 24.0. The van der Waals surface area contributed by atoms with Crippen LogP contribution in [-0.2, 0) is 0 Å². The Bertz CT molecular complexity index is 1750.